The summed E-state index contributed by atoms with van der Waals surface area (Å²) in [5.74, 6) is -15.3. The van der Waals surface area contributed by atoms with Crippen LogP contribution in [-0.4, -0.2) is 205 Å². The zero-order chi connectivity index (χ0) is 86.9. The highest BCUT2D eigenvalue weighted by Crippen LogP contribution is 2.50. The molecule has 7 aliphatic heterocycles. The van der Waals surface area contributed by atoms with E-state index in [1.165, 1.54) is 39.1 Å². The third-order valence-corrected chi connectivity index (χ3v) is 22.1. The number of carbonyl (C=O) groups excluding carboxylic acids is 9. The summed E-state index contributed by atoms with van der Waals surface area (Å²) in [5.41, 5.74) is 9.94. The summed E-state index contributed by atoms with van der Waals surface area (Å²) < 4.78 is 38.7. The third kappa shape index (κ3) is 21.1. The molecule has 0 aromatic heterocycles. The Kier molecular flexibility index (Phi) is 29.6. The summed E-state index contributed by atoms with van der Waals surface area (Å²) in [4.78, 5) is 134. The molecule has 7 aliphatic rings. The number of aromatic hydroxyl groups is 3. The number of nitrogens with one attached hydrogen (secondary N) is 9. The molecule has 13 rings (SSSR count). The van der Waals surface area contributed by atoms with Crippen molar-refractivity contribution in [3.63, 3.8) is 0 Å². The predicted molar refractivity (Wildman–Crippen MR) is 431 cm³/mol. The molecule has 11 bridgehead atoms. The Labute approximate surface area is 699 Å². The molecule has 6 aromatic rings. The first-order chi connectivity index (χ1) is 57.1. The normalized spacial score (nSPS) is 26.6. The summed E-state index contributed by atoms with van der Waals surface area (Å²) >= 11 is 14.3. The van der Waals surface area contributed by atoms with Gasteiger partial charge in [0.25, 0.3) is 5.91 Å². The molecular formula is C83H101Cl2N11O24. The number of aryl methyl sites for hydroxylation is 1. The molecule has 120 heavy (non-hydrogen) atoms. The summed E-state index contributed by atoms with van der Waals surface area (Å²) in [5, 5.41) is 128. The molecule has 0 aliphatic carbocycles. The Morgan fingerprint density at radius 3 is 1.92 bits per heavy atom. The van der Waals surface area contributed by atoms with Crippen LogP contribution in [0.5, 0.6) is 46.0 Å². The van der Waals surface area contributed by atoms with E-state index >= 15 is 19.2 Å². The zero-order valence-electron chi connectivity index (χ0n) is 66.5. The van der Waals surface area contributed by atoms with Crippen molar-refractivity contribution in [3.8, 4) is 57.1 Å². The van der Waals surface area contributed by atoms with Gasteiger partial charge in [-0.25, -0.2) is 0 Å². The lowest BCUT2D eigenvalue weighted by molar-refractivity contribution is -0.333. The number of benzene rings is 6. The first-order valence-corrected chi connectivity index (χ1v) is 40.2. The van der Waals surface area contributed by atoms with Gasteiger partial charge in [0, 0.05) is 47.8 Å². The first kappa shape index (κ1) is 90.3. The van der Waals surface area contributed by atoms with Gasteiger partial charge in [-0.2, -0.15) is 0 Å². The monoisotopic (exact) mass is 1710 g/mol. The summed E-state index contributed by atoms with van der Waals surface area (Å²) in [6.07, 6.45) is -12.2. The van der Waals surface area contributed by atoms with Gasteiger partial charge in [0.05, 0.1) is 41.3 Å². The minimum absolute atomic E-state index is 0.0260. The average molecular weight is 1710 g/mol. The highest BCUT2D eigenvalue weighted by Gasteiger charge is 2.52. The van der Waals surface area contributed by atoms with Crippen LogP contribution in [0.2, 0.25) is 10.0 Å². The summed E-state index contributed by atoms with van der Waals surface area (Å²) in [6, 6.07) is 7.27. The van der Waals surface area contributed by atoms with Gasteiger partial charge in [-0.1, -0.05) is 100.0 Å². The van der Waals surface area contributed by atoms with E-state index in [4.69, 9.17) is 63.1 Å². The SMILES string of the molecule is CCCCCCCc1ccc(C(=O)NCCCNC(=O)C2NC(=O)[C@H]3NC(=O)[C@H](NC(=O)C4NC(=O)[C@H](CC(N)=O)NC(=O)[C@H](NC(=O)[C@@H](CC(C)C)NC)[C@H](O)c5ccc(c(Cl)c5)Oc5cc4cc(c5O[C@@H]4O[C@H](CO)[C@@H](O)[C@H](O)[C@H]4OC4C[C@](C)(N)[C@H](O)[C@H](C)O4)Oc4ccc(cc4Cl)[C@H]3O)c3ccc(O)c(c3)-c3c(O)cc(O)cc32)cc1. The van der Waals surface area contributed by atoms with Crippen LogP contribution < -0.4 is 73.5 Å². The molecule has 2 saturated heterocycles. The second-order valence-electron chi connectivity index (χ2n) is 31.1. The quantitative estimate of drug-likeness (QED) is 0.0386. The van der Waals surface area contributed by atoms with Crippen molar-refractivity contribution in [1.29, 1.82) is 0 Å². The van der Waals surface area contributed by atoms with Crippen LogP contribution in [0.4, 0.5) is 0 Å². The molecule has 3 unspecified atom stereocenters. The number of halogens is 2. The summed E-state index contributed by atoms with van der Waals surface area (Å²) in [6.45, 7) is 7.66. The van der Waals surface area contributed by atoms with E-state index in [2.05, 4.69) is 54.8 Å². The van der Waals surface area contributed by atoms with E-state index in [0.717, 1.165) is 105 Å². The molecule has 37 heteroatoms. The third-order valence-electron chi connectivity index (χ3n) is 21.5. The van der Waals surface area contributed by atoms with E-state index < -0.39 is 237 Å². The van der Waals surface area contributed by atoms with Crippen molar-refractivity contribution in [2.45, 2.75) is 208 Å². The molecule has 646 valence electrons. The van der Waals surface area contributed by atoms with Crippen molar-refractivity contribution in [1.82, 2.24) is 47.9 Å². The number of hydrogen-bond acceptors (Lipinski definition) is 26. The molecule has 22 N–H and O–H groups in total. The number of aliphatic hydroxyl groups excluding tert-OH is 6. The molecule has 6 aromatic carbocycles. The second-order valence-corrected chi connectivity index (χ2v) is 32.0. The molecule has 7 heterocycles. The lowest BCUT2D eigenvalue weighted by atomic mass is 9.86. The van der Waals surface area contributed by atoms with Gasteiger partial charge in [0.15, 0.2) is 23.9 Å². The van der Waals surface area contributed by atoms with Crippen LogP contribution in [0.1, 0.15) is 166 Å². The van der Waals surface area contributed by atoms with Crippen molar-refractivity contribution >= 4 is 76.4 Å². The van der Waals surface area contributed by atoms with Gasteiger partial charge in [-0.15, -0.1) is 0 Å². The first-order valence-electron chi connectivity index (χ1n) is 39.4. The van der Waals surface area contributed by atoms with Crippen LogP contribution in [0.15, 0.2) is 103 Å². The minimum Gasteiger partial charge on any atom is -0.508 e. The van der Waals surface area contributed by atoms with E-state index in [-0.39, 0.29) is 71.5 Å². The molecule has 18 atom stereocenters. The molecule has 0 saturated carbocycles. The van der Waals surface area contributed by atoms with E-state index in [1.807, 2.05) is 26.0 Å². The number of unbranched alkanes of at least 4 members (excludes halogenated alkanes) is 4. The van der Waals surface area contributed by atoms with E-state index in [9.17, 15) is 69.9 Å². The topological polar surface area (TPSA) is 551 Å². The Balaban J connectivity index is 1.06. The van der Waals surface area contributed by atoms with Gasteiger partial charge >= 0.3 is 0 Å². The predicted octanol–water partition coefficient (Wildman–Crippen LogP) is 3.47. The molecule has 35 nitrogen and oxygen atoms in total. The number of phenols is 3. The van der Waals surface area contributed by atoms with Gasteiger partial charge in [-0.05, 0) is 153 Å². The lowest BCUT2D eigenvalue weighted by Crippen LogP contribution is -2.64. The zero-order valence-corrected chi connectivity index (χ0v) is 68.0. The van der Waals surface area contributed by atoms with Gasteiger partial charge < -0.3 is 134 Å². The maximum Gasteiger partial charge on any atom is 0.251 e. The fraction of sp³-hybridized carbons (Fsp3) is 0.458. The van der Waals surface area contributed by atoms with Crippen molar-refractivity contribution < 1.29 is 118 Å². The van der Waals surface area contributed by atoms with Crippen LogP contribution in [0.25, 0.3) is 11.1 Å². The van der Waals surface area contributed by atoms with Crippen LogP contribution in [0, 0.1) is 5.92 Å². The Hall–Kier alpha value is -10.5. The summed E-state index contributed by atoms with van der Waals surface area (Å²) in [7, 11) is 1.48. The number of aliphatic hydroxyl groups is 6. The van der Waals surface area contributed by atoms with E-state index in [0.29, 0.717) is 5.56 Å². The van der Waals surface area contributed by atoms with Crippen molar-refractivity contribution in [3.05, 3.63) is 152 Å². The van der Waals surface area contributed by atoms with Crippen molar-refractivity contribution in [2.24, 2.45) is 17.4 Å². The van der Waals surface area contributed by atoms with Gasteiger partial charge in [-0.3, -0.25) is 43.2 Å². The number of carbonyl (C=O) groups is 9. The Bertz CT molecular complexity index is 4790. The maximum atomic E-state index is 16.3. The van der Waals surface area contributed by atoms with Crippen molar-refractivity contribution in [2.75, 3.05) is 26.7 Å². The van der Waals surface area contributed by atoms with Gasteiger partial charge in [0.1, 0.15) is 95.5 Å². The number of nitrogens with two attached hydrogens (primary N) is 2. The number of likely N-dealkylation sites (N-methyl/N-ethyl adjacent to an activating group) is 1. The molecule has 9 amide bonds. The fourth-order valence-electron chi connectivity index (χ4n) is 15.0. The number of phenolic OH excluding ortho intramolecular Hbond substituents is 3. The highest BCUT2D eigenvalue weighted by molar-refractivity contribution is 6.32. The molecular weight excluding hydrogens is 1610 g/mol. The van der Waals surface area contributed by atoms with Gasteiger partial charge in [0.2, 0.25) is 59.3 Å². The number of amides is 9. The number of hydrogen-bond donors (Lipinski definition) is 20. The Morgan fingerprint density at radius 2 is 1.29 bits per heavy atom. The van der Waals surface area contributed by atoms with E-state index in [1.54, 1.807) is 12.1 Å². The molecule has 2 fully saturated rings. The number of primary amides is 1. The molecule has 0 radical (unpaired) electrons. The van der Waals surface area contributed by atoms with Crippen LogP contribution in [0.3, 0.4) is 0 Å². The minimum atomic E-state index is -2.36. The maximum absolute atomic E-state index is 16.3. The standard InChI is InChI=1S/C83H101Cl2N11O24/c1-7-8-9-10-11-13-39-14-16-40(17-15-39)74(107)89-24-12-25-90-77(110)64-47-32-45(98)33-53(100)61(47)46-27-41(18-21-52(46)99)62-78(111)96-66(81(114)94-64)68(103)43-20-23-55(49(85)29-43)117-57-31-44-30-56(71(57)120-82-72(70(105)69(104)58(36-97)118-82)119-60-35-83(5,87)73(106)38(4)115-60)116-54-22-19-42(28-48(54)84)67(102)65(95-75(108)50(88-6)26-37(2)3)80(113)91-51(34-59(86)101)76(109)92-63(44)79(112)93-62/h14-23,27-33,37-38,50-51,58,60,62-70,72-73,82,88,97-100,102-106H,7-13,24-26,34-36,87H2,1-6H3,(H2,86,101)(H,89,107)(H,90,110)(H,91,113)(H,92,109)(H,93,112)(H,94,114)(H,95,108)(H,96,111)/t38-,50+,51-,58+,60?,62+,63?,64?,65+,66-,67+,68+,69+,70-,72+,73+,82-,83-/m0/s1. The lowest BCUT2D eigenvalue weighted by Gasteiger charge is -2.47. The van der Waals surface area contributed by atoms with Crippen LogP contribution >= 0.6 is 23.2 Å². The number of fused-ring (bicyclic) bond motifs is 15. The Morgan fingerprint density at radius 1 is 0.667 bits per heavy atom. The smallest absolute Gasteiger partial charge is 0.251 e. The fourth-order valence-corrected chi connectivity index (χ4v) is 15.4. The average Bonchev–Trinajstić information content (AvgIpc) is 0.763. The molecule has 0 spiro atoms. The largest absolute Gasteiger partial charge is 0.508 e. The van der Waals surface area contributed by atoms with Crippen LogP contribution in [-0.2, 0) is 59.0 Å². The number of ether oxygens (including phenoxy) is 6. The number of rotatable bonds is 24. The second kappa shape index (κ2) is 39.3. The highest BCUT2D eigenvalue weighted by atomic mass is 35.5.